The molecule has 2 rings (SSSR count). The molecule has 0 saturated carbocycles. The fourth-order valence-corrected chi connectivity index (χ4v) is 1.47. The molecule has 0 radical (unpaired) electrons. The Morgan fingerprint density at radius 3 is 3.06 bits per heavy atom. The number of H-pyrrole nitrogens is 1. The van der Waals surface area contributed by atoms with E-state index in [9.17, 15) is 4.79 Å². The van der Waals surface area contributed by atoms with Crippen LogP contribution in [0.4, 0.5) is 5.69 Å². The molecule has 0 unspecified atom stereocenters. The second-order valence-corrected chi connectivity index (χ2v) is 3.46. The van der Waals surface area contributed by atoms with E-state index in [1.807, 2.05) is 14.0 Å². The summed E-state index contributed by atoms with van der Waals surface area (Å²) in [7, 11) is 1.83. The van der Waals surface area contributed by atoms with Gasteiger partial charge in [0.1, 0.15) is 0 Å². The number of hydrogen-bond acceptors (Lipinski definition) is 3. The van der Waals surface area contributed by atoms with Crippen molar-refractivity contribution in [1.82, 2.24) is 20.0 Å². The van der Waals surface area contributed by atoms with Gasteiger partial charge in [-0.05, 0) is 6.42 Å². The average molecular weight is 219 g/mol. The fourth-order valence-electron chi connectivity index (χ4n) is 1.47. The van der Waals surface area contributed by atoms with Gasteiger partial charge >= 0.3 is 0 Å². The van der Waals surface area contributed by atoms with E-state index in [0.717, 1.165) is 17.8 Å². The maximum absolute atomic E-state index is 11.7. The number of nitrogens with zero attached hydrogens (tertiary/aromatic N) is 3. The van der Waals surface area contributed by atoms with Gasteiger partial charge in [-0.2, -0.15) is 10.2 Å². The Labute approximate surface area is 92.7 Å². The van der Waals surface area contributed by atoms with E-state index in [1.54, 1.807) is 17.1 Å². The second kappa shape index (κ2) is 4.18. The predicted octanol–water partition coefficient (Wildman–Crippen LogP) is 0.958. The molecular weight excluding hydrogens is 206 g/mol. The van der Waals surface area contributed by atoms with Gasteiger partial charge in [-0.25, -0.2) is 0 Å². The number of carbonyl (C=O) groups is 1. The van der Waals surface area contributed by atoms with Crippen molar-refractivity contribution in [3.63, 3.8) is 0 Å². The van der Waals surface area contributed by atoms with Gasteiger partial charge in [0.25, 0.3) is 5.91 Å². The fraction of sp³-hybridized carbons (Fsp3) is 0.300. The molecule has 1 amide bonds. The number of rotatable bonds is 3. The van der Waals surface area contributed by atoms with E-state index in [1.165, 1.54) is 6.20 Å². The number of aromatic nitrogens is 4. The molecule has 0 aliphatic heterocycles. The zero-order valence-electron chi connectivity index (χ0n) is 9.19. The lowest BCUT2D eigenvalue weighted by atomic mass is 10.3. The highest BCUT2D eigenvalue weighted by Gasteiger charge is 2.11. The first-order valence-corrected chi connectivity index (χ1v) is 5.03. The summed E-state index contributed by atoms with van der Waals surface area (Å²) in [5.41, 5.74) is 2.13. The lowest BCUT2D eigenvalue weighted by molar-refractivity contribution is 0.102. The van der Waals surface area contributed by atoms with Gasteiger partial charge in [-0.15, -0.1) is 0 Å². The van der Waals surface area contributed by atoms with Crippen LogP contribution in [0.15, 0.2) is 18.6 Å². The van der Waals surface area contributed by atoms with E-state index < -0.39 is 0 Å². The molecule has 16 heavy (non-hydrogen) atoms. The third-order valence-corrected chi connectivity index (χ3v) is 2.25. The highest BCUT2D eigenvalue weighted by molar-refractivity contribution is 6.04. The van der Waals surface area contributed by atoms with Crippen molar-refractivity contribution >= 4 is 11.6 Å². The zero-order valence-corrected chi connectivity index (χ0v) is 9.19. The summed E-state index contributed by atoms with van der Waals surface area (Å²) in [4.78, 5) is 11.7. The number of anilines is 1. The van der Waals surface area contributed by atoms with Crippen molar-refractivity contribution in [2.45, 2.75) is 13.3 Å². The molecule has 6 nitrogen and oxygen atoms in total. The minimum atomic E-state index is -0.184. The first kappa shape index (κ1) is 10.4. The van der Waals surface area contributed by atoms with Gasteiger partial charge in [0, 0.05) is 19.4 Å². The summed E-state index contributed by atoms with van der Waals surface area (Å²) >= 11 is 0. The van der Waals surface area contributed by atoms with Crippen LogP contribution < -0.4 is 5.32 Å². The first-order valence-electron chi connectivity index (χ1n) is 5.03. The normalized spacial score (nSPS) is 10.4. The Hall–Kier alpha value is -2.11. The molecule has 2 aromatic heterocycles. The molecule has 84 valence electrons. The van der Waals surface area contributed by atoms with Crippen molar-refractivity contribution < 1.29 is 4.79 Å². The summed E-state index contributed by atoms with van der Waals surface area (Å²) in [5, 5.41) is 13.4. The van der Waals surface area contributed by atoms with Crippen LogP contribution >= 0.6 is 0 Å². The van der Waals surface area contributed by atoms with Crippen molar-refractivity contribution in [3.8, 4) is 0 Å². The summed E-state index contributed by atoms with van der Waals surface area (Å²) in [5.74, 6) is -0.184. The van der Waals surface area contributed by atoms with Crippen molar-refractivity contribution in [2.24, 2.45) is 7.05 Å². The molecule has 6 heteroatoms. The Morgan fingerprint density at radius 2 is 2.44 bits per heavy atom. The van der Waals surface area contributed by atoms with E-state index in [0.29, 0.717) is 5.56 Å². The van der Waals surface area contributed by atoms with Crippen LogP contribution in [0.5, 0.6) is 0 Å². The maximum atomic E-state index is 11.7. The highest BCUT2D eigenvalue weighted by atomic mass is 16.1. The third-order valence-electron chi connectivity index (χ3n) is 2.25. The molecule has 0 saturated heterocycles. The molecule has 0 aliphatic carbocycles. The lowest BCUT2D eigenvalue weighted by Gasteiger charge is -2.01. The summed E-state index contributed by atoms with van der Waals surface area (Å²) < 4.78 is 1.68. The van der Waals surface area contributed by atoms with Crippen LogP contribution in [0.25, 0.3) is 0 Å². The van der Waals surface area contributed by atoms with Gasteiger partial charge < -0.3 is 5.32 Å². The molecule has 2 aromatic rings. The monoisotopic (exact) mass is 219 g/mol. The standard InChI is InChI=1S/C10H13N5O/c1-3-8-9(6-15(2)14-8)13-10(16)7-4-11-12-5-7/h4-6H,3H2,1-2H3,(H,11,12)(H,13,16). The molecule has 0 spiro atoms. The SMILES string of the molecule is CCc1nn(C)cc1NC(=O)c1cn[nH]c1. The molecule has 2 heterocycles. The lowest BCUT2D eigenvalue weighted by Crippen LogP contribution is -2.11. The molecule has 2 N–H and O–H groups in total. The summed E-state index contributed by atoms with van der Waals surface area (Å²) in [6.07, 6.45) is 5.60. The van der Waals surface area contributed by atoms with Crippen molar-refractivity contribution in [2.75, 3.05) is 5.32 Å². The van der Waals surface area contributed by atoms with E-state index in [2.05, 4.69) is 20.6 Å². The second-order valence-electron chi connectivity index (χ2n) is 3.46. The number of aromatic amines is 1. The Balaban J connectivity index is 2.17. The van der Waals surface area contributed by atoms with Crippen molar-refractivity contribution in [3.05, 3.63) is 29.8 Å². The van der Waals surface area contributed by atoms with Crippen LogP contribution in [0.2, 0.25) is 0 Å². The molecule has 0 aromatic carbocycles. The third kappa shape index (κ3) is 1.95. The van der Waals surface area contributed by atoms with Crippen LogP contribution in [0.1, 0.15) is 23.0 Å². The topological polar surface area (TPSA) is 75.6 Å². The van der Waals surface area contributed by atoms with Gasteiger partial charge in [0.05, 0.1) is 23.1 Å². The maximum Gasteiger partial charge on any atom is 0.258 e. The van der Waals surface area contributed by atoms with Crippen molar-refractivity contribution in [1.29, 1.82) is 0 Å². The van der Waals surface area contributed by atoms with E-state index >= 15 is 0 Å². The smallest absolute Gasteiger partial charge is 0.258 e. The molecule has 0 bridgehead atoms. The average Bonchev–Trinajstić information content (AvgIpc) is 2.87. The predicted molar refractivity (Wildman–Crippen MR) is 59.1 cm³/mol. The quantitative estimate of drug-likeness (QED) is 0.807. The Bertz CT molecular complexity index is 485. The molecule has 0 atom stereocenters. The number of nitrogens with one attached hydrogen (secondary N) is 2. The summed E-state index contributed by atoms with van der Waals surface area (Å²) in [6, 6.07) is 0. The van der Waals surface area contributed by atoms with E-state index in [4.69, 9.17) is 0 Å². The Morgan fingerprint density at radius 1 is 1.62 bits per heavy atom. The minimum Gasteiger partial charge on any atom is -0.319 e. The Kier molecular flexibility index (Phi) is 2.72. The van der Waals surface area contributed by atoms with Crippen LogP contribution in [0.3, 0.4) is 0 Å². The number of aryl methyl sites for hydroxylation is 2. The van der Waals surface area contributed by atoms with Crippen LogP contribution in [-0.2, 0) is 13.5 Å². The highest BCUT2D eigenvalue weighted by Crippen LogP contribution is 2.14. The number of carbonyl (C=O) groups excluding carboxylic acids is 1. The largest absolute Gasteiger partial charge is 0.319 e. The van der Waals surface area contributed by atoms with Gasteiger partial charge in [0.15, 0.2) is 0 Å². The van der Waals surface area contributed by atoms with Gasteiger partial charge in [-0.1, -0.05) is 6.92 Å². The molecular formula is C10H13N5O. The minimum absolute atomic E-state index is 0.184. The number of hydrogen-bond donors (Lipinski definition) is 2. The van der Waals surface area contributed by atoms with Crippen LogP contribution in [-0.4, -0.2) is 25.9 Å². The molecule has 0 aliphatic rings. The van der Waals surface area contributed by atoms with Gasteiger partial charge in [0.2, 0.25) is 0 Å². The molecule has 0 fully saturated rings. The first-order chi connectivity index (χ1) is 7.70. The number of amides is 1. The van der Waals surface area contributed by atoms with Crippen LogP contribution in [0, 0.1) is 0 Å². The van der Waals surface area contributed by atoms with E-state index in [-0.39, 0.29) is 5.91 Å². The van der Waals surface area contributed by atoms with Gasteiger partial charge in [-0.3, -0.25) is 14.6 Å². The summed E-state index contributed by atoms with van der Waals surface area (Å²) in [6.45, 7) is 2.00. The zero-order chi connectivity index (χ0) is 11.5.